The van der Waals surface area contributed by atoms with Gasteiger partial charge in [-0.1, -0.05) is 13.8 Å². The number of carbonyl (C=O) groups is 4. The minimum atomic E-state index is -2.83. The molecule has 284 valence electrons. The third-order valence-electron chi connectivity index (χ3n) is 3.93. The van der Waals surface area contributed by atoms with Gasteiger partial charge >= 0.3 is 24.8 Å². The highest BCUT2D eigenvalue weighted by Crippen LogP contribution is 2.07. The van der Waals surface area contributed by atoms with Crippen LogP contribution >= 0.6 is 24.8 Å². The van der Waals surface area contributed by atoms with Crippen LogP contribution in [0.2, 0.25) is 0 Å². The molecule has 0 aliphatic rings. The Morgan fingerprint density at radius 2 is 0.891 bits per heavy atom. The van der Waals surface area contributed by atoms with Gasteiger partial charge in [-0.3, -0.25) is 0 Å². The van der Waals surface area contributed by atoms with Crippen LogP contribution in [-0.2, 0) is 9.47 Å². The number of nitrogens with one attached hydrogen (secondary N) is 2. The lowest BCUT2D eigenvalue weighted by atomic mass is 10.2. The van der Waals surface area contributed by atoms with Crippen molar-refractivity contribution in [3.8, 4) is 0 Å². The molecule has 46 heavy (non-hydrogen) atoms. The highest BCUT2D eigenvalue weighted by molar-refractivity contribution is 5.85. The number of hydrogen-bond donors (Lipinski definition) is 6. The van der Waals surface area contributed by atoms with Gasteiger partial charge in [0.25, 0.3) is 0 Å². The molecular formula is C28H62Cl2F4N4O8. The number of amides is 2. The molecule has 0 aromatic heterocycles. The summed E-state index contributed by atoms with van der Waals surface area (Å²) in [6.45, 7) is 23.0. The van der Waals surface area contributed by atoms with Crippen molar-refractivity contribution < 1.29 is 56.4 Å². The Morgan fingerprint density at radius 1 is 0.630 bits per heavy atom. The fraction of sp³-hybridized carbons (Fsp3) is 0.857. The Hall–Kier alpha value is -1.98. The maximum Gasteiger partial charge on any atom is 0.483 e. The summed E-state index contributed by atoms with van der Waals surface area (Å²) in [4.78, 5) is 38.4. The van der Waals surface area contributed by atoms with Crippen LogP contribution in [0.25, 0.3) is 0 Å². The standard InChI is InChI=1S/C9H19NO3.C9H19NO2.C4H11NO.C4H11N.2CF2O.2ClH/c1-7(5-6-11)10-8(12)13-9(2,3)4;1-6-7(2)10-8(11)12-9(3,4)5;1-4(5)2-3-6;1-3-4(2)5;2*2-1(3)4;;/h7,11H,5-6H2,1-4H3,(H,10,12);7H,6H2,1-5H3,(H,10,11);4,6H,2-3,5H2,1H3;4H,3,5H2,1-2H3;;;2*1H/t2*7-;2*4-;;;;/m0000..../s1. The molecule has 8 N–H and O–H groups in total. The van der Waals surface area contributed by atoms with E-state index >= 15 is 0 Å². The van der Waals surface area contributed by atoms with Crippen molar-refractivity contribution in [1.29, 1.82) is 0 Å². The molecule has 0 radical (unpaired) electrons. The number of nitrogens with two attached hydrogens (primary N) is 2. The Bertz CT molecular complexity index is 698. The summed E-state index contributed by atoms with van der Waals surface area (Å²) in [7, 11) is 0. The molecule has 0 aromatic carbocycles. The van der Waals surface area contributed by atoms with Crippen LogP contribution in [0.15, 0.2) is 0 Å². The quantitative estimate of drug-likeness (QED) is 0.112. The monoisotopic (exact) mass is 728 g/mol. The number of hydrogen-bond acceptors (Lipinski definition) is 10. The smallest absolute Gasteiger partial charge is 0.444 e. The zero-order valence-electron chi connectivity index (χ0n) is 29.4. The molecule has 0 rings (SSSR count). The van der Waals surface area contributed by atoms with E-state index in [9.17, 15) is 27.2 Å². The molecule has 2 amide bonds. The van der Waals surface area contributed by atoms with Crippen LogP contribution in [0, 0.1) is 0 Å². The van der Waals surface area contributed by atoms with Crippen molar-refractivity contribution in [1.82, 2.24) is 10.6 Å². The van der Waals surface area contributed by atoms with Gasteiger partial charge in [-0.25, -0.2) is 19.2 Å². The van der Waals surface area contributed by atoms with Gasteiger partial charge in [0.1, 0.15) is 11.2 Å². The number of alkyl carbamates (subject to hydrolysis) is 2. The molecule has 0 spiro atoms. The normalized spacial score (nSPS) is 12.1. The molecule has 0 heterocycles. The van der Waals surface area contributed by atoms with E-state index in [1.807, 2.05) is 76.2 Å². The predicted octanol–water partition coefficient (Wildman–Crippen LogP) is 6.99. The van der Waals surface area contributed by atoms with Gasteiger partial charge in [0.15, 0.2) is 0 Å². The molecule has 0 unspecified atom stereocenters. The van der Waals surface area contributed by atoms with E-state index in [4.69, 9.17) is 40.7 Å². The molecule has 0 saturated carbocycles. The van der Waals surface area contributed by atoms with Crippen LogP contribution < -0.4 is 22.1 Å². The summed E-state index contributed by atoms with van der Waals surface area (Å²) < 4.78 is 48.9. The van der Waals surface area contributed by atoms with E-state index in [2.05, 4.69) is 17.6 Å². The van der Waals surface area contributed by atoms with Gasteiger partial charge in [-0.15, -0.1) is 42.4 Å². The number of aliphatic hydroxyl groups is 2. The second-order valence-electron chi connectivity index (χ2n) is 11.3. The van der Waals surface area contributed by atoms with Crippen molar-refractivity contribution >= 4 is 49.6 Å². The predicted molar refractivity (Wildman–Crippen MR) is 179 cm³/mol. The topological polar surface area (TPSA) is 203 Å². The first-order chi connectivity index (χ1) is 19.7. The Kier molecular flexibility index (Phi) is 53.5. The fourth-order valence-electron chi connectivity index (χ4n) is 1.59. The molecule has 18 heteroatoms. The van der Waals surface area contributed by atoms with Crippen molar-refractivity contribution in [3.63, 3.8) is 0 Å². The Morgan fingerprint density at radius 3 is 1.04 bits per heavy atom. The lowest BCUT2D eigenvalue weighted by Gasteiger charge is -2.21. The van der Waals surface area contributed by atoms with Crippen molar-refractivity contribution in [2.45, 2.75) is 144 Å². The minimum absolute atomic E-state index is 0. The molecule has 0 saturated heterocycles. The number of halogens is 6. The van der Waals surface area contributed by atoms with E-state index in [-0.39, 0.29) is 62.2 Å². The average molecular weight is 730 g/mol. The van der Waals surface area contributed by atoms with Gasteiger partial charge in [-0.2, -0.15) is 0 Å². The summed E-state index contributed by atoms with van der Waals surface area (Å²) in [6, 6.07) is 0.657. The van der Waals surface area contributed by atoms with Crippen molar-refractivity contribution in [3.05, 3.63) is 0 Å². The van der Waals surface area contributed by atoms with E-state index in [1.54, 1.807) is 0 Å². The van der Waals surface area contributed by atoms with Gasteiger partial charge in [-0.05, 0) is 94.9 Å². The largest absolute Gasteiger partial charge is 0.483 e. The van der Waals surface area contributed by atoms with Gasteiger partial charge < -0.3 is 41.8 Å². The minimum Gasteiger partial charge on any atom is -0.444 e. The molecule has 0 bridgehead atoms. The highest BCUT2D eigenvalue weighted by atomic mass is 35.5. The molecule has 0 aliphatic carbocycles. The van der Waals surface area contributed by atoms with Crippen LogP contribution in [0.4, 0.5) is 36.7 Å². The number of aliphatic hydroxyl groups excluding tert-OH is 2. The van der Waals surface area contributed by atoms with Crippen LogP contribution in [0.1, 0.15) is 109 Å². The second kappa shape index (κ2) is 39.2. The zero-order chi connectivity index (χ0) is 36.7. The summed E-state index contributed by atoms with van der Waals surface area (Å²) in [5.74, 6) is 0. The highest BCUT2D eigenvalue weighted by Gasteiger charge is 2.17. The lowest BCUT2D eigenvalue weighted by Crippen LogP contribution is -2.38. The number of ether oxygens (including phenoxy) is 2. The number of carbonyl (C=O) groups excluding carboxylic acids is 4. The second-order valence-corrected chi connectivity index (χ2v) is 11.3. The average Bonchev–Trinajstić information content (AvgIpc) is 2.76. The molecule has 4 atom stereocenters. The molecule has 12 nitrogen and oxygen atoms in total. The maximum absolute atomic E-state index is 11.1. The third-order valence-corrected chi connectivity index (χ3v) is 3.93. The third kappa shape index (κ3) is 104. The Labute approximate surface area is 285 Å². The Balaban J connectivity index is -0.0000000667. The fourth-order valence-corrected chi connectivity index (χ4v) is 1.59. The van der Waals surface area contributed by atoms with Gasteiger partial charge in [0.05, 0.1) is 0 Å². The van der Waals surface area contributed by atoms with E-state index < -0.39 is 29.9 Å². The summed E-state index contributed by atoms with van der Waals surface area (Å²) in [5, 5.41) is 22.1. The number of rotatable bonds is 8. The first-order valence-electron chi connectivity index (χ1n) is 14.1. The van der Waals surface area contributed by atoms with E-state index in [0.717, 1.165) is 12.8 Å². The lowest BCUT2D eigenvalue weighted by molar-refractivity contribution is 0.0492. The molecule has 0 aromatic rings. The summed E-state index contributed by atoms with van der Waals surface area (Å²) in [5.41, 5.74) is 9.66. The van der Waals surface area contributed by atoms with Crippen molar-refractivity contribution in [2.24, 2.45) is 11.5 Å². The maximum atomic E-state index is 11.1. The van der Waals surface area contributed by atoms with Crippen LogP contribution in [-0.4, -0.2) is 83.6 Å². The van der Waals surface area contributed by atoms with Crippen LogP contribution in [0.3, 0.4) is 0 Å². The summed E-state index contributed by atoms with van der Waals surface area (Å²) >= 11 is 0. The first-order valence-corrected chi connectivity index (χ1v) is 14.1. The van der Waals surface area contributed by atoms with Crippen LogP contribution in [0.5, 0.6) is 0 Å². The molecular weight excluding hydrogens is 667 g/mol. The van der Waals surface area contributed by atoms with Gasteiger partial charge in [0.2, 0.25) is 0 Å². The zero-order valence-corrected chi connectivity index (χ0v) is 31.0. The first kappa shape index (κ1) is 62.8. The molecule has 0 aliphatic heterocycles. The summed E-state index contributed by atoms with van der Waals surface area (Å²) in [6.07, 6.45) is -3.19. The van der Waals surface area contributed by atoms with E-state index in [1.165, 1.54) is 0 Å². The van der Waals surface area contributed by atoms with Gasteiger partial charge in [0, 0.05) is 37.4 Å². The SMILES string of the molecule is CC[C@H](C)N.CC[C@H](C)NC(=O)OC(C)(C)C.C[C@@H](CCO)NC(=O)OC(C)(C)C.C[C@H](N)CCO.Cl.Cl.O=C(F)F.O=C(F)F. The molecule has 0 fully saturated rings. The van der Waals surface area contributed by atoms with Crippen molar-refractivity contribution in [2.75, 3.05) is 13.2 Å². The van der Waals surface area contributed by atoms with E-state index in [0.29, 0.717) is 18.9 Å².